The molecule has 4 aliphatic heterocycles. The lowest BCUT2D eigenvalue weighted by Crippen LogP contribution is -2.48. The lowest BCUT2D eigenvalue weighted by Gasteiger charge is -2.37. The number of aryl methyl sites for hydroxylation is 4. The number of para-hydroxylation sites is 1. The summed E-state index contributed by atoms with van der Waals surface area (Å²) in [5.41, 5.74) is 7.27. The molecule has 2 N–H and O–H groups in total. The van der Waals surface area contributed by atoms with Crippen molar-refractivity contribution < 1.29 is 43.0 Å². The summed E-state index contributed by atoms with van der Waals surface area (Å²) in [6.45, 7) is 15.2. The number of unbranched alkanes of at least 4 members (excludes halogenated alkanes) is 5. The Morgan fingerprint density at radius 3 is 2.27 bits per heavy atom. The van der Waals surface area contributed by atoms with Gasteiger partial charge in [-0.2, -0.15) is 5.10 Å². The standard InChI is InChI=1S/C47H61N7O5.C19H35N3O4/c1-5-6-14-44(55)52-24-22-51(23-25-52)41-27-38(28-42(30-41)54-35(3)26-34(2)49-54)39(29-46(57)58-4)32-50-21-19-36(31-50)15-17-40-18-16-37-11-10-20-53(47(37)48-40)45(56)33-59-43-12-8-7-9-13-43;1-26-15-17-9-8-14-22(17)19(25)11-5-3-7-13-21-18(24)10-4-2-6-12-20-16-23/h7-9,12-13,16,18,26-28,30,36,39H,5-6,10-11,14-15,17,19-25,29,31-33H2,1-4H3;16-17H,2-15H2,1H3,(H,20,23)(H,21,24). The molecule has 8 rings (SSSR count). The van der Waals surface area contributed by atoms with Crippen LogP contribution in [-0.2, 0) is 51.1 Å². The van der Waals surface area contributed by atoms with E-state index >= 15 is 0 Å². The van der Waals surface area contributed by atoms with Gasteiger partial charge in [0.2, 0.25) is 24.1 Å². The van der Waals surface area contributed by atoms with Gasteiger partial charge in [-0.25, -0.2) is 9.67 Å². The van der Waals surface area contributed by atoms with E-state index in [1.165, 1.54) is 7.11 Å². The summed E-state index contributed by atoms with van der Waals surface area (Å²) in [5, 5.41) is 10.4. The Labute approximate surface area is 504 Å². The number of methoxy groups -OCH3 is 2. The van der Waals surface area contributed by atoms with Crippen LogP contribution in [0.1, 0.15) is 150 Å². The van der Waals surface area contributed by atoms with Crippen molar-refractivity contribution >= 4 is 47.5 Å². The maximum atomic E-state index is 13.3. The Kier molecular flexibility index (Phi) is 27.0. The third kappa shape index (κ3) is 20.7. The summed E-state index contributed by atoms with van der Waals surface area (Å²) in [7, 11) is 3.15. The summed E-state index contributed by atoms with van der Waals surface area (Å²) in [6.07, 6.45) is 16.9. The first-order valence-electron chi connectivity index (χ1n) is 31.6. The molecule has 2 aromatic carbocycles. The first kappa shape index (κ1) is 65.7. The van der Waals surface area contributed by atoms with Crippen LogP contribution in [0.3, 0.4) is 0 Å². The zero-order valence-corrected chi connectivity index (χ0v) is 51.5. The first-order chi connectivity index (χ1) is 41.3. The number of nitrogens with one attached hydrogen (secondary N) is 2. The molecule has 0 bridgehead atoms. The number of aromatic nitrogens is 3. The molecule has 3 atom stereocenters. The van der Waals surface area contributed by atoms with Crippen LogP contribution in [-0.4, -0.2) is 171 Å². The fraction of sp³-hybridized carbons (Fsp3) is 0.606. The van der Waals surface area contributed by atoms with Crippen molar-refractivity contribution in [1.82, 2.24) is 40.1 Å². The molecule has 3 fully saturated rings. The normalized spacial score (nSPS) is 17.2. The van der Waals surface area contributed by atoms with Crippen molar-refractivity contribution in [1.29, 1.82) is 0 Å². The molecule has 6 heterocycles. The minimum absolute atomic E-state index is 0.0171. The van der Waals surface area contributed by atoms with Crippen molar-refractivity contribution in [3.8, 4) is 11.4 Å². The van der Waals surface area contributed by atoms with Gasteiger partial charge in [-0.05, 0) is 157 Å². The van der Waals surface area contributed by atoms with Crippen LogP contribution in [0.2, 0.25) is 0 Å². The minimum atomic E-state index is -0.222. The second-order valence-electron chi connectivity index (χ2n) is 23.4. The number of rotatable bonds is 31. The molecule has 0 radical (unpaired) electrons. The van der Waals surface area contributed by atoms with Crippen LogP contribution in [0.4, 0.5) is 11.5 Å². The fourth-order valence-electron chi connectivity index (χ4n) is 12.2. The lowest BCUT2D eigenvalue weighted by molar-refractivity contribution is -0.141. The first-order valence-corrected chi connectivity index (χ1v) is 31.6. The van der Waals surface area contributed by atoms with Gasteiger partial charge in [-0.15, -0.1) is 0 Å². The average molecular weight is 1170 g/mol. The predicted molar refractivity (Wildman–Crippen MR) is 331 cm³/mol. The van der Waals surface area contributed by atoms with E-state index in [4.69, 9.17) is 24.3 Å². The zero-order valence-electron chi connectivity index (χ0n) is 51.5. The fourth-order valence-corrected chi connectivity index (χ4v) is 12.2. The number of amides is 5. The molecular formula is C66H96N10O9. The number of esters is 1. The van der Waals surface area contributed by atoms with Crippen LogP contribution in [0.5, 0.6) is 5.75 Å². The van der Waals surface area contributed by atoms with Crippen LogP contribution in [0.15, 0.2) is 66.7 Å². The molecule has 19 heteroatoms. The van der Waals surface area contributed by atoms with E-state index < -0.39 is 0 Å². The van der Waals surface area contributed by atoms with Crippen molar-refractivity contribution in [3.63, 3.8) is 0 Å². The van der Waals surface area contributed by atoms with E-state index in [0.29, 0.717) is 76.7 Å². The van der Waals surface area contributed by atoms with Crippen LogP contribution in [0, 0.1) is 19.8 Å². The third-order valence-corrected chi connectivity index (χ3v) is 16.9. The second-order valence-corrected chi connectivity index (χ2v) is 23.4. The second kappa shape index (κ2) is 34.9. The Bertz CT molecular complexity index is 2750. The van der Waals surface area contributed by atoms with E-state index in [1.807, 2.05) is 51.7 Å². The monoisotopic (exact) mass is 1170 g/mol. The van der Waals surface area contributed by atoms with E-state index in [0.717, 1.165) is 181 Å². The number of hydrogen-bond donors (Lipinski definition) is 2. The summed E-state index contributed by atoms with van der Waals surface area (Å²) >= 11 is 0. The van der Waals surface area contributed by atoms with Crippen LogP contribution < -0.4 is 25.2 Å². The van der Waals surface area contributed by atoms with Gasteiger partial charge in [0.05, 0.1) is 37.6 Å². The molecule has 4 aromatic rings. The van der Waals surface area contributed by atoms with Gasteiger partial charge in [0.15, 0.2) is 6.61 Å². The Morgan fingerprint density at radius 1 is 0.765 bits per heavy atom. The third-order valence-electron chi connectivity index (χ3n) is 16.9. The number of fused-ring (bicyclic) bond motifs is 1. The number of benzene rings is 2. The summed E-state index contributed by atoms with van der Waals surface area (Å²) in [6, 6.07) is 22.7. The van der Waals surface area contributed by atoms with Crippen molar-refractivity contribution in [3.05, 3.63) is 94.9 Å². The van der Waals surface area contributed by atoms with Gasteiger partial charge < -0.3 is 44.4 Å². The molecule has 5 amide bonds. The molecule has 3 saturated heterocycles. The Balaban J connectivity index is 0.000000335. The number of nitrogens with zero attached hydrogens (tertiary/aromatic N) is 8. The largest absolute Gasteiger partial charge is 0.484 e. The van der Waals surface area contributed by atoms with Crippen LogP contribution in [0.25, 0.3) is 5.69 Å². The molecular weight excluding hydrogens is 1080 g/mol. The molecule has 85 heavy (non-hydrogen) atoms. The maximum Gasteiger partial charge on any atom is 0.306 e. The number of carbonyl (C=O) groups excluding carboxylic acids is 6. The molecule has 464 valence electrons. The van der Waals surface area contributed by atoms with Gasteiger partial charge in [0, 0.05) is 115 Å². The molecule has 4 aliphatic rings. The zero-order chi connectivity index (χ0) is 60.3. The van der Waals surface area contributed by atoms with Crippen molar-refractivity contribution in [2.45, 2.75) is 155 Å². The number of carbonyl (C=O) groups is 6. The molecule has 0 spiro atoms. The molecule has 3 unspecified atom stereocenters. The van der Waals surface area contributed by atoms with E-state index in [-0.39, 0.29) is 54.6 Å². The molecule has 19 nitrogen and oxygen atoms in total. The van der Waals surface area contributed by atoms with Gasteiger partial charge in [-0.1, -0.05) is 50.5 Å². The smallest absolute Gasteiger partial charge is 0.306 e. The number of ether oxygens (including phenoxy) is 3. The summed E-state index contributed by atoms with van der Waals surface area (Å²) in [5.74, 6) is 2.15. The molecule has 0 saturated carbocycles. The van der Waals surface area contributed by atoms with Crippen molar-refractivity contribution in [2.24, 2.45) is 5.92 Å². The summed E-state index contributed by atoms with van der Waals surface area (Å²) in [4.78, 5) is 88.8. The van der Waals surface area contributed by atoms with Gasteiger partial charge in [-0.3, -0.25) is 33.7 Å². The van der Waals surface area contributed by atoms with E-state index in [2.05, 4.69) is 70.7 Å². The topological polar surface area (TPSA) is 201 Å². The highest BCUT2D eigenvalue weighted by Crippen LogP contribution is 2.34. The quantitative estimate of drug-likeness (QED) is 0.0277. The highest BCUT2D eigenvalue weighted by atomic mass is 16.5. The number of likely N-dealkylation sites (tertiary alicyclic amines) is 2. The van der Waals surface area contributed by atoms with E-state index in [9.17, 15) is 28.8 Å². The van der Waals surface area contributed by atoms with Gasteiger partial charge in [0.25, 0.3) is 5.91 Å². The van der Waals surface area contributed by atoms with Crippen LogP contribution >= 0.6 is 0 Å². The highest BCUT2D eigenvalue weighted by molar-refractivity contribution is 5.94. The SMILES string of the molecule is CCCCC(=O)N1CCN(c2cc(C(CC(=O)OC)CN3CCC(CCc4ccc5c(n4)N(C(=O)COc4ccccc4)CCC5)C3)cc(-n3nc(C)cc3C)c2)CC1.COCC1CCCN1C(=O)CCCCCNC(=O)CCCCCNC=O. The maximum absolute atomic E-state index is 13.3. The van der Waals surface area contributed by atoms with Gasteiger partial charge in [0.1, 0.15) is 11.6 Å². The predicted octanol–water partition coefficient (Wildman–Crippen LogP) is 8.29. The van der Waals surface area contributed by atoms with E-state index in [1.54, 1.807) is 12.0 Å². The number of pyridine rings is 1. The number of hydrogen-bond acceptors (Lipinski definition) is 13. The Morgan fingerprint density at radius 2 is 1.53 bits per heavy atom. The number of piperazine rings is 1. The lowest BCUT2D eigenvalue weighted by atomic mass is 9.93. The number of anilines is 2. The average Bonchev–Trinajstić information content (AvgIpc) is 4.46. The van der Waals surface area contributed by atoms with Gasteiger partial charge >= 0.3 is 5.97 Å². The molecule has 0 aliphatic carbocycles. The summed E-state index contributed by atoms with van der Waals surface area (Å²) < 4.78 is 18.2. The van der Waals surface area contributed by atoms with Crippen molar-refractivity contribution in [2.75, 3.05) is 109 Å². The Hall–Kier alpha value is -6.86. The minimum Gasteiger partial charge on any atom is -0.484 e. The highest BCUT2D eigenvalue weighted by Gasteiger charge is 2.31. The molecule has 2 aromatic heterocycles.